The standard InChI is InChI=1S/C20H24N2O4/c1-6-15-7-9-16(10-8-15)22-19(24)14(5)26-20(25)18-11(2)17(13(4)23)12(3)21-18/h7-10,14,21H,6H2,1-5H3,(H,22,24)/t14-/m1/s1. The number of amides is 1. The molecule has 2 rings (SSSR count). The predicted molar refractivity (Wildman–Crippen MR) is 99.6 cm³/mol. The molecule has 0 aliphatic rings. The Bertz CT molecular complexity index is 834. The van der Waals surface area contributed by atoms with Crippen LogP contribution in [0, 0.1) is 13.8 Å². The predicted octanol–water partition coefficient (Wildman–Crippen LogP) is 3.58. The van der Waals surface area contributed by atoms with E-state index in [1.165, 1.54) is 19.4 Å². The van der Waals surface area contributed by atoms with Gasteiger partial charge in [-0.3, -0.25) is 9.59 Å². The number of benzene rings is 1. The first-order chi connectivity index (χ1) is 12.2. The molecule has 0 unspecified atom stereocenters. The van der Waals surface area contributed by atoms with E-state index in [1.807, 2.05) is 24.3 Å². The van der Waals surface area contributed by atoms with Crippen LogP contribution in [0.5, 0.6) is 0 Å². The highest BCUT2D eigenvalue weighted by molar-refractivity contribution is 6.02. The number of aromatic amines is 1. The van der Waals surface area contributed by atoms with E-state index in [4.69, 9.17) is 4.74 Å². The minimum absolute atomic E-state index is 0.128. The summed E-state index contributed by atoms with van der Waals surface area (Å²) in [5.74, 6) is -1.21. The van der Waals surface area contributed by atoms with Crippen LogP contribution in [0.15, 0.2) is 24.3 Å². The van der Waals surface area contributed by atoms with Crippen molar-refractivity contribution in [1.29, 1.82) is 0 Å². The molecule has 1 atom stereocenters. The molecule has 0 fully saturated rings. The maximum Gasteiger partial charge on any atom is 0.355 e. The van der Waals surface area contributed by atoms with Crippen LogP contribution in [0.3, 0.4) is 0 Å². The minimum atomic E-state index is -0.975. The first-order valence-electron chi connectivity index (χ1n) is 8.55. The van der Waals surface area contributed by atoms with Crippen LogP contribution in [0.4, 0.5) is 5.69 Å². The van der Waals surface area contributed by atoms with Crippen molar-refractivity contribution in [2.75, 3.05) is 5.32 Å². The fraction of sp³-hybridized carbons (Fsp3) is 0.350. The van der Waals surface area contributed by atoms with Gasteiger partial charge in [-0.2, -0.15) is 0 Å². The lowest BCUT2D eigenvalue weighted by atomic mass is 10.1. The number of ether oxygens (including phenoxy) is 1. The third-order valence-electron chi connectivity index (χ3n) is 4.28. The van der Waals surface area contributed by atoms with Crippen molar-refractivity contribution in [2.24, 2.45) is 0 Å². The number of aryl methyl sites for hydroxylation is 2. The molecule has 1 aromatic carbocycles. The Morgan fingerprint density at radius 1 is 1.15 bits per heavy atom. The maximum absolute atomic E-state index is 12.4. The zero-order chi connectivity index (χ0) is 19.4. The SMILES string of the molecule is CCc1ccc(NC(=O)[C@@H](C)OC(=O)c2[nH]c(C)c(C(C)=O)c2C)cc1. The van der Waals surface area contributed by atoms with Crippen LogP contribution in [-0.4, -0.2) is 28.7 Å². The monoisotopic (exact) mass is 356 g/mol. The zero-order valence-electron chi connectivity index (χ0n) is 15.7. The number of anilines is 1. The van der Waals surface area contributed by atoms with Crippen molar-refractivity contribution in [3.63, 3.8) is 0 Å². The highest BCUT2D eigenvalue weighted by Gasteiger charge is 2.24. The molecule has 6 heteroatoms. The van der Waals surface area contributed by atoms with Gasteiger partial charge in [0.15, 0.2) is 11.9 Å². The summed E-state index contributed by atoms with van der Waals surface area (Å²) >= 11 is 0. The van der Waals surface area contributed by atoms with Crippen LogP contribution in [0.1, 0.15) is 58.4 Å². The number of esters is 1. The van der Waals surface area contributed by atoms with E-state index in [9.17, 15) is 14.4 Å². The fourth-order valence-corrected chi connectivity index (χ4v) is 2.82. The Labute approximate surface area is 152 Å². The number of Topliss-reactive ketones (excluding diaryl/α,β-unsaturated/α-hetero) is 1. The largest absolute Gasteiger partial charge is 0.448 e. The van der Waals surface area contributed by atoms with Gasteiger partial charge in [-0.1, -0.05) is 19.1 Å². The maximum atomic E-state index is 12.4. The highest BCUT2D eigenvalue weighted by atomic mass is 16.5. The molecule has 1 amide bonds. The molecular weight excluding hydrogens is 332 g/mol. The van der Waals surface area contributed by atoms with E-state index in [1.54, 1.807) is 13.8 Å². The normalized spacial score (nSPS) is 11.7. The molecule has 1 aromatic heterocycles. The minimum Gasteiger partial charge on any atom is -0.448 e. The highest BCUT2D eigenvalue weighted by Crippen LogP contribution is 2.20. The smallest absolute Gasteiger partial charge is 0.355 e. The topological polar surface area (TPSA) is 88.3 Å². The van der Waals surface area contributed by atoms with Gasteiger partial charge in [0.1, 0.15) is 5.69 Å². The number of hydrogen-bond acceptors (Lipinski definition) is 4. The summed E-state index contributed by atoms with van der Waals surface area (Å²) in [5, 5.41) is 2.72. The number of carbonyl (C=O) groups excluding carboxylic acids is 3. The Morgan fingerprint density at radius 3 is 2.27 bits per heavy atom. The molecule has 0 saturated heterocycles. The van der Waals surface area contributed by atoms with E-state index in [2.05, 4.69) is 17.2 Å². The molecule has 0 radical (unpaired) electrons. The van der Waals surface area contributed by atoms with Crippen LogP contribution in [0.25, 0.3) is 0 Å². The summed E-state index contributed by atoms with van der Waals surface area (Å²) in [7, 11) is 0. The lowest BCUT2D eigenvalue weighted by Gasteiger charge is -2.13. The third kappa shape index (κ3) is 4.20. The summed E-state index contributed by atoms with van der Waals surface area (Å²) in [6.45, 7) is 8.40. The van der Waals surface area contributed by atoms with Crippen molar-refractivity contribution in [2.45, 2.75) is 47.1 Å². The Hall–Kier alpha value is -2.89. The van der Waals surface area contributed by atoms with Gasteiger partial charge < -0.3 is 15.0 Å². The molecule has 2 aromatic rings. The van der Waals surface area contributed by atoms with Crippen molar-refractivity contribution < 1.29 is 19.1 Å². The average Bonchev–Trinajstić information content (AvgIpc) is 2.90. The zero-order valence-corrected chi connectivity index (χ0v) is 15.7. The molecule has 0 aliphatic carbocycles. The number of ketones is 1. The third-order valence-corrected chi connectivity index (χ3v) is 4.28. The van der Waals surface area contributed by atoms with Gasteiger partial charge in [0.25, 0.3) is 5.91 Å². The molecule has 6 nitrogen and oxygen atoms in total. The lowest BCUT2D eigenvalue weighted by molar-refractivity contribution is -0.123. The van der Waals surface area contributed by atoms with Crippen molar-refractivity contribution in [3.8, 4) is 0 Å². The molecule has 138 valence electrons. The molecule has 26 heavy (non-hydrogen) atoms. The molecule has 1 heterocycles. The van der Waals surface area contributed by atoms with Gasteiger partial charge >= 0.3 is 5.97 Å². The lowest BCUT2D eigenvalue weighted by Crippen LogP contribution is -2.30. The van der Waals surface area contributed by atoms with Crippen LogP contribution < -0.4 is 5.32 Å². The summed E-state index contributed by atoms with van der Waals surface area (Å²) in [4.78, 5) is 39.1. The van der Waals surface area contributed by atoms with Gasteiger partial charge in [0.2, 0.25) is 0 Å². The van der Waals surface area contributed by atoms with E-state index >= 15 is 0 Å². The second-order valence-corrected chi connectivity index (χ2v) is 6.27. The number of nitrogens with one attached hydrogen (secondary N) is 2. The van der Waals surface area contributed by atoms with Crippen LogP contribution in [-0.2, 0) is 16.0 Å². The number of hydrogen-bond donors (Lipinski definition) is 2. The van der Waals surface area contributed by atoms with E-state index in [0.29, 0.717) is 22.5 Å². The molecular formula is C20H24N2O4. The molecule has 0 saturated carbocycles. The second-order valence-electron chi connectivity index (χ2n) is 6.27. The first kappa shape index (κ1) is 19.4. The van der Waals surface area contributed by atoms with Gasteiger partial charge in [-0.25, -0.2) is 4.79 Å². The quantitative estimate of drug-likeness (QED) is 0.612. The van der Waals surface area contributed by atoms with Crippen LogP contribution in [0.2, 0.25) is 0 Å². The fourth-order valence-electron chi connectivity index (χ4n) is 2.82. The van der Waals surface area contributed by atoms with Crippen molar-refractivity contribution in [1.82, 2.24) is 4.98 Å². The summed E-state index contributed by atoms with van der Waals surface area (Å²) in [5.41, 5.74) is 3.62. The Morgan fingerprint density at radius 2 is 1.77 bits per heavy atom. The first-order valence-corrected chi connectivity index (χ1v) is 8.55. The number of H-pyrrole nitrogens is 1. The average molecular weight is 356 g/mol. The summed E-state index contributed by atoms with van der Waals surface area (Å²) in [6.07, 6.45) is -0.0588. The van der Waals surface area contributed by atoms with Crippen molar-refractivity contribution >= 4 is 23.3 Å². The van der Waals surface area contributed by atoms with Crippen molar-refractivity contribution in [3.05, 3.63) is 52.3 Å². The molecule has 2 N–H and O–H groups in total. The van der Waals surface area contributed by atoms with Gasteiger partial charge in [0.05, 0.1) is 0 Å². The number of aromatic nitrogens is 1. The van der Waals surface area contributed by atoms with Gasteiger partial charge in [0, 0.05) is 16.9 Å². The molecule has 0 bridgehead atoms. The van der Waals surface area contributed by atoms with Crippen LogP contribution >= 0.6 is 0 Å². The summed E-state index contributed by atoms with van der Waals surface area (Å²) in [6, 6.07) is 7.48. The van der Waals surface area contributed by atoms with E-state index in [0.717, 1.165) is 6.42 Å². The summed E-state index contributed by atoms with van der Waals surface area (Å²) < 4.78 is 5.25. The Balaban J connectivity index is 2.05. The van der Waals surface area contributed by atoms with E-state index in [-0.39, 0.29) is 11.5 Å². The Kier molecular flexibility index (Phi) is 5.97. The number of rotatable bonds is 6. The second kappa shape index (κ2) is 7.99. The van der Waals surface area contributed by atoms with Gasteiger partial charge in [-0.05, 0) is 57.4 Å². The number of carbonyl (C=O) groups is 3. The molecule has 0 spiro atoms. The molecule has 0 aliphatic heterocycles. The van der Waals surface area contributed by atoms with E-state index < -0.39 is 18.0 Å². The van der Waals surface area contributed by atoms with Gasteiger partial charge in [-0.15, -0.1) is 0 Å².